The minimum absolute atomic E-state index is 0.0893. The Morgan fingerprint density at radius 1 is 1.44 bits per heavy atom. The van der Waals surface area contributed by atoms with Gasteiger partial charge in [-0.25, -0.2) is 4.98 Å². The second-order valence-electron chi connectivity index (χ2n) is 3.65. The van der Waals surface area contributed by atoms with E-state index < -0.39 is 0 Å². The molecule has 0 aliphatic carbocycles. The van der Waals surface area contributed by atoms with Crippen LogP contribution in [0.15, 0.2) is 36.9 Å². The van der Waals surface area contributed by atoms with Crippen LogP contribution in [0, 0.1) is 0 Å². The van der Waals surface area contributed by atoms with E-state index in [9.17, 15) is 0 Å². The van der Waals surface area contributed by atoms with Crippen LogP contribution < -0.4 is 10.5 Å². The highest BCUT2D eigenvalue weighted by atomic mass is 16.5. The standard InChI is InChI=1S/C12H15N3O/c1-9(13)12-10(15-7-6-14-8-15)4-3-5-11(12)16-2/h3-9H,13H2,1-2H3/t9-/m0/s1. The topological polar surface area (TPSA) is 53.1 Å². The minimum Gasteiger partial charge on any atom is -0.496 e. The van der Waals surface area contributed by atoms with Crippen molar-refractivity contribution in [3.8, 4) is 11.4 Å². The number of methoxy groups -OCH3 is 1. The van der Waals surface area contributed by atoms with Crippen LogP contribution in [0.5, 0.6) is 5.75 Å². The van der Waals surface area contributed by atoms with E-state index in [-0.39, 0.29) is 6.04 Å². The predicted molar refractivity (Wildman–Crippen MR) is 62.7 cm³/mol. The van der Waals surface area contributed by atoms with Gasteiger partial charge in [0.25, 0.3) is 0 Å². The first-order chi connectivity index (χ1) is 7.74. The van der Waals surface area contributed by atoms with Gasteiger partial charge in [0.1, 0.15) is 5.75 Å². The molecule has 16 heavy (non-hydrogen) atoms. The van der Waals surface area contributed by atoms with Crippen LogP contribution in [0.4, 0.5) is 0 Å². The number of rotatable bonds is 3. The van der Waals surface area contributed by atoms with E-state index in [0.29, 0.717) is 0 Å². The van der Waals surface area contributed by atoms with Crippen molar-refractivity contribution >= 4 is 0 Å². The van der Waals surface area contributed by atoms with Gasteiger partial charge in [0.05, 0.1) is 19.1 Å². The summed E-state index contributed by atoms with van der Waals surface area (Å²) >= 11 is 0. The number of aromatic nitrogens is 2. The van der Waals surface area contributed by atoms with Gasteiger partial charge in [0, 0.05) is 24.0 Å². The SMILES string of the molecule is COc1cccc(-n2ccnc2)c1[C@H](C)N. The fourth-order valence-corrected chi connectivity index (χ4v) is 1.79. The van der Waals surface area contributed by atoms with Crippen molar-refractivity contribution in [3.63, 3.8) is 0 Å². The first-order valence-electron chi connectivity index (χ1n) is 5.15. The van der Waals surface area contributed by atoms with Crippen LogP contribution in [-0.4, -0.2) is 16.7 Å². The molecular weight excluding hydrogens is 202 g/mol. The Bertz CT molecular complexity index is 463. The minimum atomic E-state index is -0.0893. The Morgan fingerprint density at radius 3 is 2.81 bits per heavy atom. The molecule has 0 radical (unpaired) electrons. The highest BCUT2D eigenvalue weighted by Gasteiger charge is 2.13. The zero-order valence-corrected chi connectivity index (χ0v) is 9.42. The van der Waals surface area contributed by atoms with E-state index in [1.807, 2.05) is 35.9 Å². The maximum atomic E-state index is 5.98. The smallest absolute Gasteiger partial charge is 0.125 e. The maximum Gasteiger partial charge on any atom is 0.125 e. The third kappa shape index (κ3) is 1.79. The summed E-state index contributed by atoms with van der Waals surface area (Å²) < 4.78 is 7.26. The lowest BCUT2D eigenvalue weighted by Gasteiger charge is -2.16. The van der Waals surface area contributed by atoms with Crippen molar-refractivity contribution in [3.05, 3.63) is 42.5 Å². The van der Waals surface area contributed by atoms with Gasteiger partial charge in [-0.3, -0.25) is 0 Å². The van der Waals surface area contributed by atoms with Crippen LogP contribution in [0.3, 0.4) is 0 Å². The third-order valence-corrected chi connectivity index (χ3v) is 2.50. The van der Waals surface area contributed by atoms with Crippen molar-refractivity contribution in [2.75, 3.05) is 7.11 Å². The second kappa shape index (κ2) is 4.37. The van der Waals surface area contributed by atoms with Gasteiger partial charge in [-0.15, -0.1) is 0 Å². The molecule has 2 aromatic rings. The number of nitrogens with zero attached hydrogens (tertiary/aromatic N) is 2. The molecule has 0 spiro atoms. The average Bonchev–Trinajstić information content (AvgIpc) is 2.81. The first kappa shape index (κ1) is 10.7. The lowest BCUT2D eigenvalue weighted by atomic mass is 10.1. The molecule has 1 aromatic carbocycles. The summed E-state index contributed by atoms with van der Waals surface area (Å²) in [5.41, 5.74) is 7.98. The van der Waals surface area contributed by atoms with Gasteiger partial charge in [-0.1, -0.05) is 6.07 Å². The van der Waals surface area contributed by atoms with Gasteiger partial charge in [-0.05, 0) is 19.1 Å². The lowest BCUT2D eigenvalue weighted by Crippen LogP contribution is -2.11. The van der Waals surface area contributed by atoms with Crippen LogP contribution in [0.25, 0.3) is 5.69 Å². The Balaban J connectivity index is 2.61. The Morgan fingerprint density at radius 2 is 2.25 bits per heavy atom. The number of imidazole rings is 1. The summed E-state index contributed by atoms with van der Waals surface area (Å²) in [7, 11) is 1.65. The molecule has 0 saturated heterocycles. The molecule has 0 amide bonds. The van der Waals surface area contributed by atoms with E-state index in [0.717, 1.165) is 17.0 Å². The van der Waals surface area contributed by atoms with Crippen LogP contribution in [0.1, 0.15) is 18.5 Å². The highest BCUT2D eigenvalue weighted by molar-refractivity contribution is 5.51. The van der Waals surface area contributed by atoms with Crippen molar-refractivity contribution in [2.45, 2.75) is 13.0 Å². The summed E-state index contributed by atoms with van der Waals surface area (Å²) in [6, 6.07) is 5.77. The van der Waals surface area contributed by atoms with Crippen molar-refractivity contribution in [1.82, 2.24) is 9.55 Å². The molecule has 0 unspecified atom stereocenters. The third-order valence-electron chi connectivity index (χ3n) is 2.50. The molecule has 0 aliphatic heterocycles. The monoisotopic (exact) mass is 217 g/mol. The van der Waals surface area contributed by atoms with E-state index in [4.69, 9.17) is 10.5 Å². The fourth-order valence-electron chi connectivity index (χ4n) is 1.79. The summed E-state index contributed by atoms with van der Waals surface area (Å²) in [6.45, 7) is 1.94. The molecule has 2 rings (SSSR count). The molecule has 1 aromatic heterocycles. The molecule has 2 N–H and O–H groups in total. The van der Waals surface area contributed by atoms with Crippen molar-refractivity contribution in [2.24, 2.45) is 5.73 Å². The Labute approximate surface area is 94.7 Å². The summed E-state index contributed by atoms with van der Waals surface area (Å²) in [6.07, 6.45) is 5.38. The van der Waals surface area contributed by atoms with E-state index in [1.165, 1.54) is 0 Å². The zero-order chi connectivity index (χ0) is 11.5. The van der Waals surface area contributed by atoms with Gasteiger partial charge in [0.2, 0.25) is 0 Å². The molecule has 4 heteroatoms. The number of hydrogen-bond acceptors (Lipinski definition) is 3. The van der Waals surface area contributed by atoms with Crippen LogP contribution >= 0.6 is 0 Å². The van der Waals surface area contributed by atoms with Crippen LogP contribution in [0.2, 0.25) is 0 Å². The summed E-state index contributed by atoms with van der Waals surface area (Å²) in [4.78, 5) is 4.04. The summed E-state index contributed by atoms with van der Waals surface area (Å²) in [5, 5.41) is 0. The van der Waals surface area contributed by atoms with E-state index in [2.05, 4.69) is 4.98 Å². The molecule has 1 atom stereocenters. The second-order valence-corrected chi connectivity index (χ2v) is 3.65. The van der Waals surface area contributed by atoms with E-state index >= 15 is 0 Å². The molecule has 0 saturated carbocycles. The van der Waals surface area contributed by atoms with Gasteiger partial charge >= 0.3 is 0 Å². The van der Waals surface area contributed by atoms with Crippen molar-refractivity contribution in [1.29, 1.82) is 0 Å². The highest BCUT2D eigenvalue weighted by Crippen LogP contribution is 2.29. The van der Waals surface area contributed by atoms with Gasteiger partial charge in [-0.2, -0.15) is 0 Å². The van der Waals surface area contributed by atoms with Crippen LogP contribution in [-0.2, 0) is 0 Å². The number of hydrogen-bond donors (Lipinski definition) is 1. The molecule has 84 valence electrons. The predicted octanol–water partition coefficient (Wildman–Crippen LogP) is 1.90. The fraction of sp³-hybridized carbons (Fsp3) is 0.250. The average molecular weight is 217 g/mol. The number of ether oxygens (including phenoxy) is 1. The molecule has 1 heterocycles. The number of benzene rings is 1. The summed E-state index contributed by atoms with van der Waals surface area (Å²) in [5.74, 6) is 0.807. The first-order valence-corrected chi connectivity index (χ1v) is 5.15. The van der Waals surface area contributed by atoms with E-state index in [1.54, 1.807) is 19.6 Å². The Hall–Kier alpha value is -1.81. The lowest BCUT2D eigenvalue weighted by molar-refractivity contribution is 0.406. The normalized spacial score (nSPS) is 12.4. The molecule has 0 bridgehead atoms. The molecular formula is C12H15N3O. The maximum absolute atomic E-state index is 5.98. The van der Waals surface area contributed by atoms with Gasteiger partial charge in [0.15, 0.2) is 0 Å². The number of nitrogens with two attached hydrogens (primary N) is 1. The zero-order valence-electron chi connectivity index (χ0n) is 9.42. The van der Waals surface area contributed by atoms with Gasteiger partial charge < -0.3 is 15.0 Å². The molecule has 0 aliphatic rings. The molecule has 4 nitrogen and oxygen atoms in total. The van der Waals surface area contributed by atoms with Crippen molar-refractivity contribution < 1.29 is 4.74 Å². The molecule has 0 fully saturated rings. The largest absolute Gasteiger partial charge is 0.496 e. The Kier molecular flexibility index (Phi) is 2.92. The quantitative estimate of drug-likeness (QED) is 0.854.